The fraction of sp³-hybridized carbons (Fsp3) is 0.100. The summed E-state index contributed by atoms with van der Waals surface area (Å²) in [5, 5.41) is 4.21. The summed E-state index contributed by atoms with van der Waals surface area (Å²) in [7, 11) is 0. The van der Waals surface area contributed by atoms with E-state index in [1.54, 1.807) is 40.0 Å². The van der Waals surface area contributed by atoms with Crippen LogP contribution in [0.4, 0.5) is 4.39 Å². The molecule has 2 aromatic carbocycles. The predicted molar refractivity (Wildman–Crippen MR) is 101 cm³/mol. The van der Waals surface area contributed by atoms with Crippen molar-refractivity contribution in [3.05, 3.63) is 82.3 Å². The Hall–Kier alpha value is -2.91. The van der Waals surface area contributed by atoms with Gasteiger partial charge in [-0.25, -0.2) is 9.07 Å². The van der Waals surface area contributed by atoms with Gasteiger partial charge < -0.3 is 4.90 Å². The van der Waals surface area contributed by atoms with Crippen molar-refractivity contribution in [1.82, 2.24) is 14.7 Å². The summed E-state index contributed by atoms with van der Waals surface area (Å²) in [5.41, 5.74) is 2.18. The molecule has 1 aromatic heterocycles. The minimum atomic E-state index is -0.315. The van der Waals surface area contributed by atoms with E-state index < -0.39 is 0 Å². The first-order chi connectivity index (χ1) is 12.6. The van der Waals surface area contributed by atoms with E-state index in [0.29, 0.717) is 12.1 Å². The molecule has 0 aliphatic rings. The van der Waals surface area contributed by atoms with Crippen molar-refractivity contribution in [2.75, 3.05) is 6.54 Å². The molecule has 0 saturated carbocycles. The topological polar surface area (TPSA) is 38.1 Å². The average Bonchev–Trinajstić information content (AvgIpc) is 3.09. The number of aromatic nitrogens is 2. The van der Waals surface area contributed by atoms with Gasteiger partial charge in [0.05, 0.1) is 22.9 Å². The van der Waals surface area contributed by atoms with Crippen molar-refractivity contribution in [3.63, 3.8) is 0 Å². The number of carbonyl (C=O) groups is 1. The Morgan fingerprint density at radius 2 is 1.88 bits per heavy atom. The molecule has 0 aliphatic carbocycles. The van der Waals surface area contributed by atoms with Gasteiger partial charge in [-0.3, -0.25) is 4.79 Å². The van der Waals surface area contributed by atoms with Crippen LogP contribution in [0.2, 0.25) is 0 Å². The molecule has 0 aliphatic heterocycles. The lowest BCUT2D eigenvalue weighted by Gasteiger charge is -2.20. The van der Waals surface area contributed by atoms with Crippen molar-refractivity contribution in [2.45, 2.75) is 6.54 Å². The molecule has 6 heteroatoms. The van der Waals surface area contributed by atoms with Crippen LogP contribution in [0.3, 0.4) is 0 Å². The predicted octanol–water partition coefficient (Wildman–Crippen LogP) is 4.05. The maximum absolute atomic E-state index is 13.1. The molecule has 26 heavy (non-hydrogen) atoms. The van der Waals surface area contributed by atoms with E-state index in [1.807, 2.05) is 18.3 Å². The van der Waals surface area contributed by atoms with Gasteiger partial charge >= 0.3 is 0 Å². The summed E-state index contributed by atoms with van der Waals surface area (Å²) >= 11 is 3.35. The van der Waals surface area contributed by atoms with E-state index in [0.717, 1.165) is 15.7 Å². The highest BCUT2D eigenvalue weighted by Crippen LogP contribution is 2.15. The number of benzene rings is 2. The molecule has 3 rings (SSSR count). The normalized spacial score (nSPS) is 10.3. The number of halogens is 2. The van der Waals surface area contributed by atoms with E-state index in [1.165, 1.54) is 12.1 Å². The highest BCUT2D eigenvalue weighted by atomic mass is 79.9. The van der Waals surface area contributed by atoms with Crippen LogP contribution in [0, 0.1) is 18.2 Å². The second-order valence-electron chi connectivity index (χ2n) is 5.64. The minimum Gasteiger partial charge on any atom is -0.323 e. The SMILES string of the molecule is C#CCN(Cc1ccc(F)cc1)C(=O)c1ccc(-n2cc(Br)cn2)cc1. The molecule has 0 radical (unpaired) electrons. The first-order valence-electron chi connectivity index (χ1n) is 7.84. The van der Waals surface area contributed by atoms with Gasteiger partial charge in [-0.1, -0.05) is 18.1 Å². The first-order valence-corrected chi connectivity index (χ1v) is 8.64. The van der Waals surface area contributed by atoms with Gasteiger partial charge in [0, 0.05) is 18.3 Å². The molecular formula is C20H15BrFN3O. The fourth-order valence-electron chi connectivity index (χ4n) is 2.50. The van der Waals surface area contributed by atoms with Gasteiger partial charge in [0.1, 0.15) is 5.82 Å². The van der Waals surface area contributed by atoms with Gasteiger partial charge in [0.25, 0.3) is 5.91 Å². The van der Waals surface area contributed by atoms with Gasteiger partial charge in [0.2, 0.25) is 0 Å². The standard InChI is InChI=1S/C20H15BrFN3O/c1-2-11-24(13-15-3-7-18(22)8-4-15)20(26)16-5-9-19(10-6-16)25-14-17(21)12-23-25/h1,3-10,12,14H,11,13H2. The highest BCUT2D eigenvalue weighted by molar-refractivity contribution is 9.10. The van der Waals surface area contributed by atoms with Gasteiger partial charge in [-0.15, -0.1) is 6.42 Å². The second kappa shape index (κ2) is 7.98. The van der Waals surface area contributed by atoms with E-state index in [2.05, 4.69) is 26.9 Å². The van der Waals surface area contributed by atoms with Crippen molar-refractivity contribution >= 4 is 21.8 Å². The summed E-state index contributed by atoms with van der Waals surface area (Å²) < 4.78 is 15.6. The van der Waals surface area contributed by atoms with Crippen molar-refractivity contribution in [1.29, 1.82) is 0 Å². The van der Waals surface area contributed by atoms with Crippen LogP contribution < -0.4 is 0 Å². The molecule has 3 aromatic rings. The van der Waals surface area contributed by atoms with Crippen molar-refractivity contribution in [3.8, 4) is 18.0 Å². The van der Waals surface area contributed by atoms with Crippen LogP contribution in [-0.4, -0.2) is 27.1 Å². The molecule has 0 bridgehead atoms. The van der Waals surface area contributed by atoms with E-state index >= 15 is 0 Å². The molecule has 0 N–H and O–H groups in total. The average molecular weight is 412 g/mol. The molecule has 4 nitrogen and oxygen atoms in total. The fourth-order valence-corrected chi connectivity index (χ4v) is 2.79. The summed E-state index contributed by atoms with van der Waals surface area (Å²) in [6.45, 7) is 0.487. The molecule has 1 amide bonds. The number of nitrogens with zero attached hydrogens (tertiary/aromatic N) is 3. The largest absolute Gasteiger partial charge is 0.323 e. The zero-order chi connectivity index (χ0) is 18.5. The smallest absolute Gasteiger partial charge is 0.254 e. The van der Waals surface area contributed by atoms with E-state index in [9.17, 15) is 9.18 Å². The monoisotopic (exact) mass is 411 g/mol. The summed E-state index contributed by atoms with van der Waals surface area (Å²) in [4.78, 5) is 14.3. The van der Waals surface area contributed by atoms with Gasteiger partial charge in [-0.2, -0.15) is 5.10 Å². The lowest BCUT2D eigenvalue weighted by atomic mass is 10.1. The van der Waals surface area contributed by atoms with E-state index in [4.69, 9.17) is 6.42 Å². The van der Waals surface area contributed by atoms with Crippen LogP contribution in [0.15, 0.2) is 65.4 Å². The van der Waals surface area contributed by atoms with Gasteiger partial charge in [0.15, 0.2) is 0 Å². The Labute approximate surface area is 159 Å². The Bertz CT molecular complexity index is 942. The molecular weight excluding hydrogens is 397 g/mol. The lowest BCUT2D eigenvalue weighted by Crippen LogP contribution is -2.31. The maximum Gasteiger partial charge on any atom is 0.254 e. The number of carbonyl (C=O) groups excluding carboxylic acids is 1. The third kappa shape index (κ3) is 4.19. The Balaban J connectivity index is 1.78. The van der Waals surface area contributed by atoms with Crippen LogP contribution >= 0.6 is 15.9 Å². The second-order valence-corrected chi connectivity index (χ2v) is 6.56. The van der Waals surface area contributed by atoms with Crippen molar-refractivity contribution < 1.29 is 9.18 Å². The summed E-state index contributed by atoms with van der Waals surface area (Å²) in [6, 6.07) is 13.1. The molecule has 0 spiro atoms. The molecule has 0 unspecified atom stereocenters. The van der Waals surface area contributed by atoms with Crippen molar-refractivity contribution in [2.24, 2.45) is 0 Å². The maximum atomic E-state index is 13.1. The van der Waals surface area contributed by atoms with Crippen LogP contribution in [0.1, 0.15) is 15.9 Å². The Kier molecular flexibility index (Phi) is 5.49. The zero-order valence-corrected chi connectivity index (χ0v) is 15.4. The third-order valence-electron chi connectivity index (χ3n) is 3.79. The van der Waals surface area contributed by atoms with Crippen LogP contribution in [0.5, 0.6) is 0 Å². The Morgan fingerprint density at radius 1 is 1.19 bits per heavy atom. The third-order valence-corrected chi connectivity index (χ3v) is 4.20. The van der Waals surface area contributed by atoms with Crippen LogP contribution in [0.25, 0.3) is 5.69 Å². The number of amides is 1. The quantitative estimate of drug-likeness (QED) is 0.594. The summed E-state index contributed by atoms with van der Waals surface area (Å²) in [5.74, 6) is 2.01. The molecule has 130 valence electrons. The summed E-state index contributed by atoms with van der Waals surface area (Å²) in [6.07, 6.45) is 8.93. The zero-order valence-electron chi connectivity index (χ0n) is 13.8. The van der Waals surface area contributed by atoms with Crippen LogP contribution in [-0.2, 0) is 6.54 Å². The number of terminal acetylenes is 1. The number of hydrogen-bond acceptors (Lipinski definition) is 2. The Morgan fingerprint density at radius 3 is 2.46 bits per heavy atom. The van der Waals surface area contributed by atoms with E-state index in [-0.39, 0.29) is 18.3 Å². The number of rotatable bonds is 5. The molecule has 0 fully saturated rings. The lowest BCUT2D eigenvalue weighted by molar-refractivity contribution is 0.0766. The first kappa shape index (κ1) is 17.9. The minimum absolute atomic E-state index is 0.171. The van der Waals surface area contributed by atoms with Gasteiger partial charge in [-0.05, 0) is 57.9 Å². The molecule has 1 heterocycles. The molecule has 0 atom stereocenters. The highest BCUT2D eigenvalue weighted by Gasteiger charge is 2.15. The molecule has 0 saturated heterocycles. The number of hydrogen-bond donors (Lipinski definition) is 0.